The number of hydrogen-bond acceptors (Lipinski definition) is 4. The van der Waals surface area contributed by atoms with Gasteiger partial charge in [0, 0.05) is 0 Å². The average Bonchev–Trinajstić information content (AvgIpc) is 3.33. The van der Waals surface area contributed by atoms with Crippen LogP contribution >= 0.6 is 0 Å². The van der Waals surface area contributed by atoms with Crippen molar-refractivity contribution in [3.8, 4) is 11.1 Å². The lowest BCUT2D eigenvalue weighted by molar-refractivity contribution is 0.00578. The van der Waals surface area contributed by atoms with Crippen LogP contribution in [0, 0.1) is 6.92 Å². The molecule has 0 bridgehead atoms. The summed E-state index contributed by atoms with van der Waals surface area (Å²) in [6.07, 6.45) is 6.09. The molecule has 0 aromatic heterocycles. The molecule has 0 amide bonds. The van der Waals surface area contributed by atoms with E-state index in [2.05, 4.69) is 106 Å². The topological polar surface area (TPSA) is 36.9 Å². The molecule has 5 rings (SSSR count). The van der Waals surface area contributed by atoms with Crippen molar-refractivity contribution in [1.29, 1.82) is 0 Å². The summed E-state index contributed by atoms with van der Waals surface area (Å²) < 4.78 is 26.9. The Morgan fingerprint density at radius 3 is 1.62 bits per heavy atom. The number of fused-ring (bicyclic) bond motifs is 3. The molecule has 3 aliphatic rings. The third-order valence-corrected chi connectivity index (χ3v) is 9.71. The van der Waals surface area contributed by atoms with Gasteiger partial charge in [0.25, 0.3) is 0 Å². The van der Waals surface area contributed by atoms with Crippen LogP contribution in [0.4, 0.5) is 0 Å². The van der Waals surface area contributed by atoms with Crippen molar-refractivity contribution in [2.24, 2.45) is 0 Å². The summed E-state index contributed by atoms with van der Waals surface area (Å²) in [7, 11) is -1.18. The van der Waals surface area contributed by atoms with Crippen LogP contribution in [-0.2, 0) is 25.0 Å². The molecular weight excluding hydrogens is 482 g/mol. The fourth-order valence-corrected chi connectivity index (χ4v) is 5.79. The Hall–Kier alpha value is -1.85. The highest BCUT2D eigenvalue weighted by atomic mass is 16.7. The van der Waals surface area contributed by atoms with Gasteiger partial charge < -0.3 is 18.6 Å². The van der Waals surface area contributed by atoms with Crippen molar-refractivity contribution in [2.75, 3.05) is 0 Å². The standard InChI is InChI=1S/C33H46B2O4/c1-11-12-13-14-15-23-17-19-25-24-18-16-22(2)20-26(24)28(27(25)21-23)29(34-36-30(3,4)31(5,6)37-34)35-38-32(7,8)33(9,10)39-35/h16-21H,11-15H2,1-10H3. The van der Waals surface area contributed by atoms with Gasteiger partial charge in [0.2, 0.25) is 0 Å². The molecule has 6 heteroatoms. The quantitative estimate of drug-likeness (QED) is 0.229. The molecule has 2 fully saturated rings. The van der Waals surface area contributed by atoms with Gasteiger partial charge in [-0.25, -0.2) is 0 Å². The SMILES string of the molecule is CCCCCCc1ccc2c(c1)C(=C(B1OC(C)(C)C(C)(C)O1)B1OC(C)(C)C(C)(C)O1)c1cc(C)ccc1-2. The first-order valence-corrected chi connectivity index (χ1v) is 14.9. The third-order valence-electron chi connectivity index (χ3n) is 9.71. The lowest BCUT2D eigenvalue weighted by Gasteiger charge is -2.32. The molecule has 2 aromatic rings. The van der Waals surface area contributed by atoms with Crippen LogP contribution in [0.2, 0.25) is 0 Å². The largest absolute Gasteiger partial charge is 0.487 e. The number of hydrogen-bond donors (Lipinski definition) is 0. The van der Waals surface area contributed by atoms with Crippen LogP contribution in [0.1, 0.15) is 110 Å². The lowest BCUT2D eigenvalue weighted by Crippen LogP contribution is -2.41. The molecule has 2 aromatic carbocycles. The van der Waals surface area contributed by atoms with E-state index < -0.39 is 36.6 Å². The molecule has 2 aliphatic heterocycles. The summed E-state index contributed by atoms with van der Waals surface area (Å²) in [5.74, 6) is 0. The fourth-order valence-electron chi connectivity index (χ4n) is 5.79. The van der Waals surface area contributed by atoms with E-state index in [0.717, 1.165) is 17.4 Å². The van der Waals surface area contributed by atoms with Crippen molar-refractivity contribution in [3.05, 3.63) is 64.0 Å². The Morgan fingerprint density at radius 1 is 0.615 bits per heavy atom. The maximum Gasteiger partial charge on any atom is 0.487 e. The second kappa shape index (κ2) is 9.91. The maximum atomic E-state index is 6.73. The molecule has 39 heavy (non-hydrogen) atoms. The zero-order valence-corrected chi connectivity index (χ0v) is 25.8. The van der Waals surface area contributed by atoms with E-state index in [0.29, 0.717) is 0 Å². The van der Waals surface area contributed by atoms with Gasteiger partial charge in [-0.2, -0.15) is 0 Å². The van der Waals surface area contributed by atoms with Crippen LogP contribution in [0.3, 0.4) is 0 Å². The van der Waals surface area contributed by atoms with Crippen molar-refractivity contribution in [1.82, 2.24) is 0 Å². The summed E-state index contributed by atoms with van der Waals surface area (Å²) in [4.78, 5) is 0. The van der Waals surface area contributed by atoms with E-state index in [9.17, 15) is 0 Å². The summed E-state index contributed by atoms with van der Waals surface area (Å²) >= 11 is 0. The molecule has 1 aliphatic carbocycles. The van der Waals surface area contributed by atoms with Crippen molar-refractivity contribution in [3.63, 3.8) is 0 Å². The first-order valence-electron chi connectivity index (χ1n) is 14.9. The molecule has 2 heterocycles. The van der Waals surface area contributed by atoms with Gasteiger partial charge >= 0.3 is 14.2 Å². The molecule has 2 saturated heterocycles. The second-order valence-electron chi connectivity index (χ2n) is 13.7. The lowest BCUT2D eigenvalue weighted by atomic mass is 9.54. The Morgan fingerprint density at radius 2 is 1.10 bits per heavy atom. The van der Waals surface area contributed by atoms with E-state index in [-0.39, 0.29) is 0 Å². The van der Waals surface area contributed by atoms with Gasteiger partial charge in [-0.15, -0.1) is 0 Å². The summed E-state index contributed by atoms with van der Waals surface area (Å²) in [6.45, 7) is 21.3. The van der Waals surface area contributed by atoms with E-state index >= 15 is 0 Å². The molecular formula is C33H46B2O4. The fraction of sp³-hybridized carbons (Fsp3) is 0.576. The Kier molecular flexibility index (Phi) is 7.28. The van der Waals surface area contributed by atoms with Crippen molar-refractivity contribution in [2.45, 2.75) is 124 Å². The first-order chi connectivity index (χ1) is 18.2. The molecule has 0 N–H and O–H groups in total. The second-order valence-corrected chi connectivity index (χ2v) is 13.7. The zero-order chi connectivity index (χ0) is 28.4. The highest BCUT2D eigenvalue weighted by molar-refractivity contribution is 6.80. The number of benzene rings is 2. The summed E-state index contributed by atoms with van der Waals surface area (Å²) in [5, 5.41) is 0.932. The molecule has 0 spiro atoms. The minimum Gasteiger partial charge on any atom is -0.400 e. The van der Waals surface area contributed by atoms with E-state index in [4.69, 9.17) is 18.6 Å². The normalized spacial score (nSPS) is 21.8. The van der Waals surface area contributed by atoms with Crippen molar-refractivity contribution < 1.29 is 18.6 Å². The Bertz CT molecular complexity index is 1220. The number of aryl methyl sites for hydroxylation is 2. The van der Waals surface area contributed by atoms with E-state index in [1.807, 2.05) is 0 Å². The minimum absolute atomic E-state index is 0.481. The number of unbranched alkanes of at least 4 members (excludes halogenated alkanes) is 3. The van der Waals surface area contributed by atoms with Gasteiger partial charge in [-0.3, -0.25) is 0 Å². The van der Waals surface area contributed by atoms with Crippen LogP contribution in [-0.4, -0.2) is 36.6 Å². The van der Waals surface area contributed by atoms with Crippen LogP contribution in [0.15, 0.2) is 41.8 Å². The van der Waals surface area contributed by atoms with E-state index in [1.54, 1.807) is 0 Å². The summed E-state index contributed by atoms with van der Waals surface area (Å²) in [6, 6.07) is 13.7. The smallest absolute Gasteiger partial charge is 0.400 e. The minimum atomic E-state index is -0.591. The maximum absolute atomic E-state index is 6.73. The van der Waals surface area contributed by atoms with E-state index in [1.165, 1.54) is 59.1 Å². The predicted octanol–water partition coefficient (Wildman–Crippen LogP) is 8.16. The van der Waals surface area contributed by atoms with Crippen LogP contribution in [0.5, 0.6) is 0 Å². The van der Waals surface area contributed by atoms with Crippen molar-refractivity contribution >= 4 is 19.8 Å². The predicted molar refractivity (Wildman–Crippen MR) is 163 cm³/mol. The molecule has 0 atom stereocenters. The highest BCUT2D eigenvalue weighted by Gasteiger charge is 2.60. The Balaban J connectivity index is 1.71. The Labute approximate surface area is 237 Å². The van der Waals surface area contributed by atoms with Gasteiger partial charge in [-0.1, -0.05) is 68.1 Å². The molecule has 208 valence electrons. The molecule has 0 saturated carbocycles. The number of rotatable bonds is 7. The summed E-state index contributed by atoms with van der Waals surface area (Å²) in [5.41, 5.74) is 6.73. The zero-order valence-electron chi connectivity index (χ0n) is 25.8. The van der Waals surface area contributed by atoms with Gasteiger partial charge in [0.1, 0.15) is 0 Å². The van der Waals surface area contributed by atoms with Gasteiger partial charge in [0.15, 0.2) is 0 Å². The monoisotopic (exact) mass is 528 g/mol. The first kappa shape index (κ1) is 28.7. The molecule has 0 unspecified atom stereocenters. The highest BCUT2D eigenvalue weighted by Crippen LogP contribution is 2.51. The van der Waals surface area contributed by atoms with Crippen LogP contribution in [0.25, 0.3) is 16.7 Å². The molecule has 4 nitrogen and oxygen atoms in total. The molecule has 0 radical (unpaired) electrons. The van der Waals surface area contributed by atoms with Gasteiger partial charge in [-0.05, 0) is 114 Å². The average molecular weight is 528 g/mol. The van der Waals surface area contributed by atoms with Gasteiger partial charge in [0.05, 0.1) is 22.4 Å². The third kappa shape index (κ3) is 4.96. The van der Waals surface area contributed by atoms with Crippen LogP contribution < -0.4 is 0 Å².